The third-order valence-electron chi connectivity index (χ3n) is 1.24. The zero-order chi connectivity index (χ0) is 7.00. The summed E-state index contributed by atoms with van der Waals surface area (Å²) in [5.74, 6) is 0. The molecule has 0 aromatic rings. The molecule has 0 radical (unpaired) electrons. The highest BCUT2D eigenvalue weighted by Gasteiger charge is 2.25. The molecule has 3 heteroatoms. The van der Waals surface area contributed by atoms with Gasteiger partial charge in [0.05, 0.1) is 7.05 Å². The number of rotatable bonds is 0. The van der Waals surface area contributed by atoms with Crippen LogP contribution < -0.4 is 0 Å². The van der Waals surface area contributed by atoms with Crippen molar-refractivity contribution in [1.82, 2.24) is 0 Å². The smallest absolute Gasteiger partial charge is 0.120 e. The van der Waals surface area contributed by atoms with Crippen LogP contribution in [-0.4, -0.2) is 22.6 Å². The Morgan fingerprint density at radius 3 is 1.50 bits per heavy atom. The molecule has 1 N–H and O–H groups in total. The van der Waals surface area contributed by atoms with E-state index in [1.165, 1.54) is 7.05 Å². The fourth-order valence-electron chi connectivity index (χ4n) is 0. The molecule has 1 unspecified atom stereocenters. The van der Waals surface area contributed by atoms with Crippen molar-refractivity contribution >= 4 is 0 Å². The lowest BCUT2D eigenvalue weighted by molar-refractivity contribution is -1.08. The molecule has 0 heterocycles. The van der Waals surface area contributed by atoms with E-state index in [0.29, 0.717) is 0 Å². The maximum absolute atomic E-state index is 10.6. The maximum Gasteiger partial charge on any atom is 0.120 e. The van der Waals surface area contributed by atoms with Crippen LogP contribution in [0.1, 0.15) is 20.8 Å². The van der Waals surface area contributed by atoms with E-state index in [1.54, 1.807) is 20.8 Å². The van der Waals surface area contributed by atoms with E-state index >= 15 is 0 Å². The molecule has 0 fully saturated rings. The van der Waals surface area contributed by atoms with Crippen LogP contribution in [-0.2, 0) is 0 Å². The SMILES string of the molecule is CC(C)(C)[N+](C)([O-])O. The number of nitrogens with zero attached hydrogens (tertiary/aromatic N) is 1. The van der Waals surface area contributed by atoms with Crippen molar-refractivity contribution in [2.45, 2.75) is 26.3 Å². The van der Waals surface area contributed by atoms with Gasteiger partial charge in [0.2, 0.25) is 0 Å². The maximum atomic E-state index is 10.6. The van der Waals surface area contributed by atoms with Gasteiger partial charge in [-0.1, -0.05) is 0 Å². The van der Waals surface area contributed by atoms with Gasteiger partial charge < -0.3 is 5.21 Å². The van der Waals surface area contributed by atoms with Crippen LogP contribution in [0.15, 0.2) is 0 Å². The summed E-state index contributed by atoms with van der Waals surface area (Å²) in [4.78, 5) is -1.23. The van der Waals surface area contributed by atoms with Gasteiger partial charge in [-0.25, -0.2) is 10.0 Å². The van der Waals surface area contributed by atoms with Crippen LogP contribution in [0.2, 0.25) is 0 Å². The Hall–Kier alpha value is -0.120. The lowest BCUT2D eigenvalue weighted by atomic mass is 10.1. The average Bonchev–Trinajstić information content (AvgIpc) is 1.25. The molecule has 0 aliphatic heterocycles. The van der Waals surface area contributed by atoms with Gasteiger partial charge in [-0.15, -0.1) is 0 Å². The van der Waals surface area contributed by atoms with Crippen molar-refractivity contribution in [3.05, 3.63) is 5.21 Å². The topological polar surface area (TPSA) is 43.3 Å². The van der Waals surface area contributed by atoms with E-state index in [0.717, 1.165) is 0 Å². The van der Waals surface area contributed by atoms with Crippen LogP contribution in [0.25, 0.3) is 0 Å². The highest BCUT2D eigenvalue weighted by molar-refractivity contribution is 4.57. The highest BCUT2D eigenvalue weighted by Crippen LogP contribution is 2.15. The number of hydrogen-bond donors (Lipinski definition) is 1. The van der Waals surface area contributed by atoms with Crippen molar-refractivity contribution in [1.29, 1.82) is 0 Å². The second kappa shape index (κ2) is 1.69. The van der Waals surface area contributed by atoms with Crippen LogP contribution in [0.5, 0.6) is 0 Å². The molecule has 1 atom stereocenters. The summed E-state index contributed by atoms with van der Waals surface area (Å²) >= 11 is 0. The molecule has 0 bridgehead atoms. The van der Waals surface area contributed by atoms with Crippen LogP contribution in [0.4, 0.5) is 0 Å². The molecule has 3 nitrogen and oxygen atoms in total. The molecule has 0 saturated carbocycles. The fraction of sp³-hybridized carbons (Fsp3) is 1.00. The van der Waals surface area contributed by atoms with E-state index in [1.807, 2.05) is 0 Å². The van der Waals surface area contributed by atoms with Crippen molar-refractivity contribution in [3.8, 4) is 0 Å². The number of quaternary nitrogens is 1. The van der Waals surface area contributed by atoms with Gasteiger partial charge >= 0.3 is 0 Å². The predicted octanol–water partition coefficient (Wildman–Crippen LogP) is 1.12. The fourth-order valence-corrected chi connectivity index (χ4v) is 0. The summed E-state index contributed by atoms with van der Waals surface area (Å²) in [6, 6.07) is 0. The second-order valence-corrected chi connectivity index (χ2v) is 3.05. The van der Waals surface area contributed by atoms with E-state index in [-0.39, 0.29) is 0 Å². The average molecular weight is 119 g/mol. The Morgan fingerprint density at radius 1 is 1.38 bits per heavy atom. The molecule has 50 valence electrons. The first kappa shape index (κ1) is 7.88. The molecule has 0 rings (SSSR count). The Kier molecular flexibility index (Phi) is 1.66. The van der Waals surface area contributed by atoms with Crippen LogP contribution in [0, 0.1) is 5.21 Å². The summed E-state index contributed by atoms with van der Waals surface area (Å²) in [6.07, 6.45) is 0. The Bertz CT molecular complexity index is 65.4. The summed E-state index contributed by atoms with van der Waals surface area (Å²) in [6.45, 7) is 5.04. The first-order valence-corrected chi connectivity index (χ1v) is 2.55. The van der Waals surface area contributed by atoms with E-state index < -0.39 is 10.3 Å². The Morgan fingerprint density at radius 2 is 1.50 bits per heavy atom. The van der Waals surface area contributed by atoms with Gasteiger partial charge in [-0.3, -0.25) is 0 Å². The van der Waals surface area contributed by atoms with Gasteiger partial charge in [0, 0.05) is 0 Å². The van der Waals surface area contributed by atoms with E-state index in [4.69, 9.17) is 5.21 Å². The largest absolute Gasteiger partial charge is 0.598 e. The van der Waals surface area contributed by atoms with E-state index in [2.05, 4.69) is 0 Å². The van der Waals surface area contributed by atoms with Gasteiger partial charge in [0.25, 0.3) is 0 Å². The summed E-state index contributed by atoms with van der Waals surface area (Å²) in [7, 11) is 1.21. The van der Waals surface area contributed by atoms with Crippen molar-refractivity contribution in [3.63, 3.8) is 0 Å². The molecular weight excluding hydrogens is 106 g/mol. The minimum absolute atomic E-state index is 0.625. The molecule has 0 aromatic heterocycles. The summed E-state index contributed by atoms with van der Waals surface area (Å²) in [5, 5.41) is 19.4. The van der Waals surface area contributed by atoms with Crippen molar-refractivity contribution in [2.75, 3.05) is 7.05 Å². The van der Waals surface area contributed by atoms with Gasteiger partial charge in [-0.2, -0.15) is 0 Å². The van der Waals surface area contributed by atoms with Crippen LogP contribution in [0.3, 0.4) is 0 Å². The molecular formula is C5H13NO2. The minimum atomic E-state index is -1.23. The molecule has 8 heavy (non-hydrogen) atoms. The van der Waals surface area contributed by atoms with Crippen molar-refractivity contribution in [2.24, 2.45) is 0 Å². The Balaban J connectivity index is 4.02. The zero-order valence-corrected chi connectivity index (χ0v) is 5.80. The molecule has 0 aliphatic carbocycles. The monoisotopic (exact) mass is 119 g/mol. The van der Waals surface area contributed by atoms with E-state index in [9.17, 15) is 5.21 Å². The third kappa shape index (κ3) is 1.78. The summed E-state index contributed by atoms with van der Waals surface area (Å²) in [5.41, 5.74) is -0.625. The minimum Gasteiger partial charge on any atom is -0.598 e. The quantitative estimate of drug-likeness (QED) is 0.383. The number of hydrogen-bond acceptors (Lipinski definition) is 2. The molecule has 0 spiro atoms. The zero-order valence-electron chi connectivity index (χ0n) is 5.80. The normalized spacial score (nSPS) is 20.2. The molecule has 0 saturated heterocycles. The van der Waals surface area contributed by atoms with Crippen molar-refractivity contribution < 1.29 is 10.0 Å². The molecule has 0 aliphatic rings. The number of hydroxylamine groups is 4. The Labute approximate surface area is 49.7 Å². The second-order valence-electron chi connectivity index (χ2n) is 3.05. The molecule has 0 amide bonds. The standard InChI is InChI=1S/C5H13NO2/c1-5(2,3)6(4,7)8/h7H,1-4H3. The first-order valence-electron chi connectivity index (χ1n) is 2.55. The summed E-state index contributed by atoms with van der Waals surface area (Å²) < 4.78 is 0. The van der Waals surface area contributed by atoms with Gasteiger partial charge in [0.15, 0.2) is 0 Å². The predicted molar refractivity (Wildman–Crippen MR) is 31.1 cm³/mol. The molecule has 0 aromatic carbocycles. The van der Waals surface area contributed by atoms with Crippen LogP contribution >= 0.6 is 0 Å². The van der Waals surface area contributed by atoms with Gasteiger partial charge in [-0.05, 0) is 20.8 Å². The van der Waals surface area contributed by atoms with Gasteiger partial charge in [0.1, 0.15) is 5.54 Å². The lowest BCUT2D eigenvalue weighted by Gasteiger charge is -2.41. The third-order valence-corrected chi connectivity index (χ3v) is 1.24. The first-order chi connectivity index (χ1) is 3.25. The highest BCUT2D eigenvalue weighted by atomic mass is 16.8. The lowest BCUT2D eigenvalue weighted by Crippen LogP contribution is -2.49.